The molecule has 1 aromatic carbocycles. The van der Waals surface area contributed by atoms with E-state index in [0.717, 1.165) is 10.8 Å². The standard InChI is InChI=1S/C15H11N3O2/c1-20-14-7-13(17-9-18-14)15(19)11-4-2-3-10-5-6-16-8-12(10)11/h2-9H,1H3. The van der Waals surface area contributed by atoms with Crippen molar-refractivity contribution in [1.82, 2.24) is 15.0 Å². The molecular formula is C15H11N3O2. The van der Waals surface area contributed by atoms with Gasteiger partial charge in [0, 0.05) is 29.4 Å². The number of methoxy groups -OCH3 is 1. The smallest absolute Gasteiger partial charge is 0.216 e. The molecule has 0 spiro atoms. The average Bonchev–Trinajstić information content (AvgIpc) is 2.53. The molecule has 3 aromatic rings. The molecule has 0 saturated carbocycles. The zero-order chi connectivity index (χ0) is 13.9. The molecule has 5 heteroatoms. The van der Waals surface area contributed by atoms with E-state index in [9.17, 15) is 4.79 Å². The van der Waals surface area contributed by atoms with E-state index in [1.165, 1.54) is 19.5 Å². The van der Waals surface area contributed by atoms with Crippen LogP contribution in [0.4, 0.5) is 0 Å². The van der Waals surface area contributed by atoms with Crippen LogP contribution in [0.15, 0.2) is 49.1 Å². The van der Waals surface area contributed by atoms with Crippen molar-refractivity contribution in [3.05, 3.63) is 60.3 Å². The number of ketones is 1. The van der Waals surface area contributed by atoms with Gasteiger partial charge in [0.1, 0.15) is 12.0 Å². The number of rotatable bonds is 3. The molecule has 0 atom stereocenters. The van der Waals surface area contributed by atoms with E-state index in [-0.39, 0.29) is 5.78 Å². The van der Waals surface area contributed by atoms with Gasteiger partial charge in [-0.05, 0) is 11.5 Å². The number of nitrogens with zero attached hydrogens (tertiary/aromatic N) is 3. The summed E-state index contributed by atoms with van der Waals surface area (Å²) in [6.07, 6.45) is 4.70. The van der Waals surface area contributed by atoms with Crippen molar-refractivity contribution in [1.29, 1.82) is 0 Å². The van der Waals surface area contributed by atoms with Crippen LogP contribution in [0.1, 0.15) is 16.1 Å². The molecule has 0 aliphatic heterocycles. The lowest BCUT2D eigenvalue weighted by molar-refractivity contribution is 0.103. The van der Waals surface area contributed by atoms with Crippen molar-refractivity contribution in [2.24, 2.45) is 0 Å². The van der Waals surface area contributed by atoms with Gasteiger partial charge in [0.05, 0.1) is 7.11 Å². The maximum absolute atomic E-state index is 12.6. The van der Waals surface area contributed by atoms with Crippen LogP contribution in [-0.2, 0) is 0 Å². The van der Waals surface area contributed by atoms with E-state index in [4.69, 9.17) is 4.74 Å². The molecule has 3 rings (SSSR count). The third-order valence-electron chi connectivity index (χ3n) is 3.01. The number of hydrogen-bond acceptors (Lipinski definition) is 5. The van der Waals surface area contributed by atoms with Gasteiger partial charge >= 0.3 is 0 Å². The molecular weight excluding hydrogens is 254 g/mol. The van der Waals surface area contributed by atoms with Crippen LogP contribution in [0.2, 0.25) is 0 Å². The van der Waals surface area contributed by atoms with Gasteiger partial charge in [0.25, 0.3) is 0 Å². The molecule has 0 fully saturated rings. The van der Waals surface area contributed by atoms with Crippen LogP contribution in [0.5, 0.6) is 5.88 Å². The van der Waals surface area contributed by atoms with Crippen molar-refractivity contribution < 1.29 is 9.53 Å². The molecule has 0 amide bonds. The minimum Gasteiger partial charge on any atom is -0.481 e. The third-order valence-corrected chi connectivity index (χ3v) is 3.01. The monoisotopic (exact) mass is 265 g/mol. The van der Waals surface area contributed by atoms with E-state index in [1.54, 1.807) is 18.5 Å². The zero-order valence-electron chi connectivity index (χ0n) is 10.8. The van der Waals surface area contributed by atoms with Gasteiger partial charge in [0.15, 0.2) is 0 Å². The van der Waals surface area contributed by atoms with Gasteiger partial charge in [-0.1, -0.05) is 18.2 Å². The third kappa shape index (κ3) is 2.09. The normalized spacial score (nSPS) is 10.4. The van der Waals surface area contributed by atoms with E-state index in [2.05, 4.69) is 15.0 Å². The zero-order valence-corrected chi connectivity index (χ0v) is 10.8. The van der Waals surface area contributed by atoms with Gasteiger partial charge in [-0.3, -0.25) is 9.78 Å². The highest BCUT2D eigenvalue weighted by molar-refractivity contribution is 6.15. The molecule has 0 aliphatic carbocycles. The molecule has 5 nitrogen and oxygen atoms in total. The Hall–Kier alpha value is -2.82. The highest BCUT2D eigenvalue weighted by atomic mass is 16.5. The lowest BCUT2D eigenvalue weighted by Gasteiger charge is -2.05. The maximum Gasteiger partial charge on any atom is 0.216 e. The van der Waals surface area contributed by atoms with Crippen LogP contribution >= 0.6 is 0 Å². The van der Waals surface area contributed by atoms with Crippen LogP contribution in [0.25, 0.3) is 10.8 Å². The van der Waals surface area contributed by atoms with E-state index >= 15 is 0 Å². The fourth-order valence-corrected chi connectivity index (χ4v) is 2.02. The molecule has 0 radical (unpaired) electrons. The van der Waals surface area contributed by atoms with E-state index < -0.39 is 0 Å². The lowest BCUT2D eigenvalue weighted by Crippen LogP contribution is -2.06. The predicted molar refractivity (Wildman–Crippen MR) is 73.8 cm³/mol. The van der Waals surface area contributed by atoms with Gasteiger partial charge in [-0.2, -0.15) is 0 Å². The number of benzene rings is 1. The second-order valence-electron chi connectivity index (χ2n) is 4.18. The molecule has 0 bridgehead atoms. The Morgan fingerprint density at radius 1 is 1.20 bits per heavy atom. The van der Waals surface area contributed by atoms with Crippen molar-refractivity contribution in [3.63, 3.8) is 0 Å². The number of carbonyl (C=O) groups is 1. The number of ether oxygens (including phenoxy) is 1. The Labute approximate surface area is 115 Å². The Bertz CT molecular complexity index is 781. The van der Waals surface area contributed by atoms with Crippen molar-refractivity contribution in [2.45, 2.75) is 0 Å². The molecule has 98 valence electrons. The van der Waals surface area contributed by atoms with Crippen molar-refractivity contribution in [2.75, 3.05) is 7.11 Å². The Morgan fingerprint density at radius 3 is 2.95 bits per heavy atom. The van der Waals surface area contributed by atoms with Crippen LogP contribution in [0, 0.1) is 0 Å². The van der Waals surface area contributed by atoms with E-state index in [1.807, 2.05) is 18.2 Å². The first kappa shape index (κ1) is 12.2. The average molecular weight is 265 g/mol. The summed E-state index contributed by atoms with van der Waals surface area (Å²) in [6.45, 7) is 0. The minimum absolute atomic E-state index is 0.177. The summed E-state index contributed by atoms with van der Waals surface area (Å²) >= 11 is 0. The fourth-order valence-electron chi connectivity index (χ4n) is 2.02. The van der Waals surface area contributed by atoms with Gasteiger partial charge in [-0.25, -0.2) is 9.97 Å². The summed E-state index contributed by atoms with van der Waals surface area (Å²) in [5, 5.41) is 1.77. The van der Waals surface area contributed by atoms with Crippen molar-refractivity contribution >= 4 is 16.6 Å². The Kier molecular flexibility index (Phi) is 3.09. The van der Waals surface area contributed by atoms with Crippen LogP contribution < -0.4 is 4.74 Å². The highest BCUT2D eigenvalue weighted by Gasteiger charge is 2.14. The summed E-state index contributed by atoms with van der Waals surface area (Å²) in [6, 6.07) is 8.94. The number of hydrogen-bond donors (Lipinski definition) is 0. The molecule has 0 unspecified atom stereocenters. The van der Waals surface area contributed by atoms with E-state index in [0.29, 0.717) is 17.1 Å². The van der Waals surface area contributed by atoms with Gasteiger partial charge in [-0.15, -0.1) is 0 Å². The summed E-state index contributed by atoms with van der Waals surface area (Å²) in [5.74, 6) is 0.186. The summed E-state index contributed by atoms with van der Waals surface area (Å²) in [5.41, 5.74) is 0.865. The topological polar surface area (TPSA) is 65.0 Å². The van der Waals surface area contributed by atoms with Crippen molar-refractivity contribution in [3.8, 4) is 5.88 Å². The molecule has 0 N–H and O–H groups in total. The quantitative estimate of drug-likeness (QED) is 0.680. The molecule has 2 aromatic heterocycles. The SMILES string of the molecule is COc1cc(C(=O)c2cccc3ccncc23)ncn1. The first-order valence-electron chi connectivity index (χ1n) is 6.03. The molecule has 0 aliphatic rings. The number of aromatic nitrogens is 3. The highest BCUT2D eigenvalue weighted by Crippen LogP contribution is 2.20. The summed E-state index contributed by atoms with van der Waals surface area (Å²) in [4.78, 5) is 24.5. The van der Waals surface area contributed by atoms with Gasteiger partial charge in [0.2, 0.25) is 11.7 Å². The number of pyridine rings is 1. The second kappa shape index (κ2) is 5.05. The predicted octanol–water partition coefficient (Wildman–Crippen LogP) is 2.26. The maximum atomic E-state index is 12.6. The lowest BCUT2D eigenvalue weighted by atomic mass is 10.0. The molecule has 20 heavy (non-hydrogen) atoms. The van der Waals surface area contributed by atoms with Crippen LogP contribution in [0.3, 0.4) is 0 Å². The molecule has 0 saturated heterocycles. The summed E-state index contributed by atoms with van der Waals surface area (Å²) < 4.78 is 5.01. The second-order valence-corrected chi connectivity index (χ2v) is 4.18. The Balaban J connectivity index is 2.12. The largest absolute Gasteiger partial charge is 0.481 e. The number of fused-ring (bicyclic) bond motifs is 1. The minimum atomic E-state index is -0.177. The Morgan fingerprint density at radius 2 is 2.10 bits per heavy atom. The molecule has 2 heterocycles. The number of carbonyl (C=O) groups excluding carboxylic acids is 1. The fraction of sp³-hybridized carbons (Fsp3) is 0.0667. The first-order chi connectivity index (χ1) is 9.79. The van der Waals surface area contributed by atoms with Gasteiger partial charge < -0.3 is 4.74 Å². The summed E-state index contributed by atoms with van der Waals surface area (Å²) in [7, 11) is 1.50. The van der Waals surface area contributed by atoms with Crippen LogP contribution in [-0.4, -0.2) is 27.8 Å². The first-order valence-corrected chi connectivity index (χ1v) is 6.03.